The van der Waals surface area contributed by atoms with Crippen LogP contribution in [0.5, 0.6) is 0 Å². The number of nitrogens with one attached hydrogen (secondary N) is 3. The van der Waals surface area contributed by atoms with Crippen molar-refractivity contribution in [1.82, 2.24) is 10.2 Å². The molecule has 1 atom stereocenters. The van der Waals surface area contributed by atoms with Crippen LogP contribution in [0.4, 0.5) is 17.3 Å². The standard InChI is InChI=1S/C20H15Cl2N7/c21-13-7-4-8-14(9-13)25-20-15(10-23)19(28-29-20)24-11-16-17(22)27-18(26-16)12-5-2-1-3-6-12/h1-9,18H,11H2,(H3,24,25,28,29). The average Bonchev–Trinajstić information content (AvgIpc) is 3.29. The van der Waals surface area contributed by atoms with E-state index < -0.39 is 0 Å². The molecule has 0 amide bonds. The van der Waals surface area contributed by atoms with Gasteiger partial charge in [0.05, 0.1) is 12.3 Å². The van der Waals surface area contributed by atoms with Crippen molar-refractivity contribution in [3.63, 3.8) is 0 Å². The molecule has 2 heterocycles. The number of nitriles is 1. The SMILES string of the molecule is N#Cc1c(NCC2=NC(c3ccccc3)N=C2Cl)n[nH]c1Nc1cccc(Cl)c1. The molecule has 144 valence electrons. The largest absolute Gasteiger partial charge is 0.362 e. The molecule has 1 unspecified atom stereocenters. The Bertz CT molecular complexity index is 1130. The van der Waals surface area contributed by atoms with Crippen molar-refractivity contribution in [3.05, 3.63) is 70.7 Å². The minimum absolute atomic E-state index is 0.293. The predicted octanol–water partition coefficient (Wildman–Crippen LogP) is 4.88. The summed E-state index contributed by atoms with van der Waals surface area (Å²) in [5.41, 5.74) is 2.66. The molecule has 0 radical (unpaired) electrons. The van der Waals surface area contributed by atoms with E-state index in [1.165, 1.54) is 0 Å². The third-order valence-electron chi connectivity index (χ3n) is 4.24. The Kier molecular flexibility index (Phi) is 5.47. The Hall–Kier alpha value is -3.34. The van der Waals surface area contributed by atoms with Crippen molar-refractivity contribution in [1.29, 1.82) is 5.26 Å². The monoisotopic (exact) mass is 423 g/mol. The molecule has 4 rings (SSSR count). The van der Waals surface area contributed by atoms with Crippen LogP contribution in [-0.2, 0) is 0 Å². The van der Waals surface area contributed by atoms with Crippen molar-refractivity contribution in [3.8, 4) is 6.07 Å². The summed E-state index contributed by atoms with van der Waals surface area (Å²) in [6, 6.07) is 19.0. The van der Waals surface area contributed by atoms with Gasteiger partial charge in [-0.3, -0.25) is 10.1 Å². The van der Waals surface area contributed by atoms with Gasteiger partial charge >= 0.3 is 0 Å². The first-order chi connectivity index (χ1) is 14.1. The smallest absolute Gasteiger partial charge is 0.168 e. The maximum absolute atomic E-state index is 9.56. The number of rotatable bonds is 6. The predicted molar refractivity (Wildman–Crippen MR) is 116 cm³/mol. The molecule has 2 aromatic carbocycles. The molecule has 0 saturated carbocycles. The Balaban J connectivity index is 1.47. The number of aliphatic imine (C=N–C) groups is 2. The molecule has 9 heteroatoms. The number of H-pyrrole nitrogens is 1. The van der Waals surface area contributed by atoms with Gasteiger partial charge in [-0.15, -0.1) is 0 Å². The van der Waals surface area contributed by atoms with E-state index in [-0.39, 0.29) is 6.17 Å². The first kappa shape index (κ1) is 19.0. The molecule has 0 spiro atoms. The lowest BCUT2D eigenvalue weighted by molar-refractivity contribution is 0.798. The van der Waals surface area contributed by atoms with Gasteiger partial charge in [-0.1, -0.05) is 59.6 Å². The number of halogens is 2. The first-order valence-corrected chi connectivity index (χ1v) is 9.50. The fourth-order valence-electron chi connectivity index (χ4n) is 2.85. The molecule has 0 aliphatic carbocycles. The molecule has 1 aromatic heterocycles. The van der Waals surface area contributed by atoms with Crippen LogP contribution in [0.25, 0.3) is 0 Å². The number of hydrogen-bond donors (Lipinski definition) is 3. The molecule has 29 heavy (non-hydrogen) atoms. The van der Waals surface area contributed by atoms with E-state index in [0.29, 0.717) is 39.6 Å². The molecular formula is C20H15Cl2N7. The second kappa shape index (κ2) is 8.35. The quantitative estimate of drug-likeness (QED) is 0.525. The third-order valence-corrected chi connectivity index (χ3v) is 4.80. The molecule has 3 aromatic rings. The lowest BCUT2D eigenvalue weighted by Gasteiger charge is -2.05. The van der Waals surface area contributed by atoms with Crippen LogP contribution in [0, 0.1) is 11.3 Å². The number of aromatic nitrogens is 2. The maximum Gasteiger partial charge on any atom is 0.168 e. The Labute approximate surface area is 177 Å². The van der Waals surface area contributed by atoms with Crippen molar-refractivity contribution in [2.75, 3.05) is 17.2 Å². The van der Waals surface area contributed by atoms with Gasteiger partial charge in [0.15, 0.2) is 12.0 Å². The zero-order valence-corrected chi connectivity index (χ0v) is 16.5. The second-order valence-electron chi connectivity index (χ2n) is 6.20. The zero-order valence-electron chi connectivity index (χ0n) is 15.0. The topological polar surface area (TPSA) is 101 Å². The summed E-state index contributed by atoms with van der Waals surface area (Å²) in [4.78, 5) is 8.95. The highest BCUT2D eigenvalue weighted by atomic mass is 35.5. The van der Waals surface area contributed by atoms with E-state index in [1.807, 2.05) is 42.5 Å². The van der Waals surface area contributed by atoms with Gasteiger partial charge in [-0.2, -0.15) is 10.4 Å². The molecule has 1 aliphatic heterocycles. The molecule has 0 fully saturated rings. The van der Waals surface area contributed by atoms with E-state index in [1.54, 1.807) is 12.1 Å². The Morgan fingerprint density at radius 2 is 1.90 bits per heavy atom. The number of anilines is 3. The lowest BCUT2D eigenvalue weighted by atomic mass is 10.2. The highest BCUT2D eigenvalue weighted by Gasteiger charge is 2.22. The summed E-state index contributed by atoms with van der Waals surface area (Å²) < 4.78 is 0. The summed E-state index contributed by atoms with van der Waals surface area (Å²) >= 11 is 12.3. The van der Waals surface area contributed by atoms with Gasteiger partial charge in [-0.25, -0.2) is 4.99 Å². The fourth-order valence-corrected chi connectivity index (χ4v) is 3.25. The number of aromatic amines is 1. The number of benzene rings is 2. The summed E-state index contributed by atoms with van der Waals surface area (Å²) in [6.45, 7) is 0.293. The molecule has 1 aliphatic rings. The van der Waals surface area contributed by atoms with Gasteiger partial charge < -0.3 is 10.6 Å². The summed E-state index contributed by atoms with van der Waals surface area (Å²) in [5, 5.41) is 23.7. The van der Waals surface area contributed by atoms with E-state index in [0.717, 1.165) is 11.3 Å². The highest BCUT2D eigenvalue weighted by Crippen LogP contribution is 2.27. The van der Waals surface area contributed by atoms with Crippen LogP contribution in [-0.4, -0.2) is 27.6 Å². The van der Waals surface area contributed by atoms with E-state index in [9.17, 15) is 5.26 Å². The van der Waals surface area contributed by atoms with Crippen LogP contribution < -0.4 is 10.6 Å². The normalized spacial score (nSPS) is 15.4. The van der Waals surface area contributed by atoms with Gasteiger partial charge in [0.25, 0.3) is 0 Å². The Morgan fingerprint density at radius 1 is 1.07 bits per heavy atom. The minimum Gasteiger partial charge on any atom is -0.362 e. The highest BCUT2D eigenvalue weighted by molar-refractivity contribution is 6.84. The summed E-state index contributed by atoms with van der Waals surface area (Å²) in [5.74, 6) is 0.861. The molecule has 0 saturated heterocycles. The van der Waals surface area contributed by atoms with Gasteiger partial charge in [0.1, 0.15) is 22.6 Å². The Morgan fingerprint density at radius 3 is 2.66 bits per heavy atom. The van der Waals surface area contributed by atoms with Gasteiger partial charge in [0, 0.05) is 10.7 Å². The lowest BCUT2D eigenvalue weighted by Crippen LogP contribution is -2.18. The molecule has 0 bridgehead atoms. The van der Waals surface area contributed by atoms with Crippen LogP contribution in [0.15, 0.2) is 64.6 Å². The van der Waals surface area contributed by atoms with Crippen molar-refractivity contribution < 1.29 is 0 Å². The van der Waals surface area contributed by atoms with Crippen LogP contribution in [0.2, 0.25) is 5.02 Å². The minimum atomic E-state index is -0.352. The molecular weight excluding hydrogens is 409 g/mol. The molecule has 3 N–H and O–H groups in total. The van der Waals surface area contributed by atoms with Crippen molar-refractivity contribution >= 4 is 51.4 Å². The van der Waals surface area contributed by atoms with Crippen LogP contribution in [0.3, 0.4) is 0 Å². The second-order valence-corrected chi connectivity index (χ2v) is 7.00. The molecule has 7 nitrogen and oxygen atoms in total. The van der Waals surface area contributed by atoms with Gasteiger partial charge in [-0.05, 0) is 23.8 Å². The summed E-state index contributed by atoms with van der Waals surface area (Å²) in [7, 11) is 0. The van der Waals surface area contributed by atoms with Gasteiger partial charge in [0.2, 0.25) is 0 Å². The maximum atomic E-state index is 9.56. The zero-order chi connectivity index (χ0) is 20.2. The van der Waals surface area contributed by atoms with E-state index in [4.69, 9.17) is 23.2 Å². The van der Waals surface area contributed by atoms with Crippen LogP contribution in [0.1, 0.15) is 17.3 Å². The number of nitrogens with zero attached hydrogens (tertiary/aromatic N) is 4. The van der Waals surface area contributed by atoms with Crippen LogP contribution >= 0.6 is 23.2 Å². The third kappa shape index (κ3) is 4.24. The fraction of sp³-hybridized carbons (Fsp3) is 0.100. The summed E-state index contributed by atoms with van der Waals surface area (Å²) in [6.07, 6.45) is -0.352. The first-order valence-electron chi connectivity index (χ1n) is 8.74. The van der Waals surface area contributed by atoms with E-state index >= 15 is 0 Å². The van der Waals surface area contributed by atoms with Crippen molar-refractivity contribution in [2.24, 2.45) is 9.98 Å². The number of hydrogen-bond acceptors (Lipinski definition) is 6. The average molecular weight is 424 g/mol. The van der Waals surface area contributed by atoms with E-state index in [2.05, 4.69) is 36.9 Å². The van der Waals surface area contributed by atoms with Crippen molar-refractivity contribution in [2.45, 2.75) is 6.17 Å².